The van der Waals surface area contributed by atoms with Crippen LogP contribution in [0.3, 0.4) is 0 Å². The fourth-order valence-electron chi connectivity index (χ4n) is 1.62. The molecule has 0 aliphatic heterocycles. The first-order valence-corrected chi connectivity index (χ1v) is 7.57. The van der Waals surface area contributed by atoms with Crippen LogP contribution in [0.25, 0.3) is 0 Å². The maximum Gasteiger partial charge on any atom is 0.145 e. The number of rotatable bonds is 9. The number of hydrogen-bond donors (Lipinski definition) is 2. The second-order valence-electron chi connectivity index (χ2n) is 4.75. The standard InChI is InChI=1S/C13H24BrN5/c1-4-7-15-12-11(14)13(18-10-17-12)16-8-5-6-9-19(2)3/h10H,4-9H2,1-3H3,(H2,15,16,17,18). The maximum absolute atomic E-state index is 4.26. The van der Waals surface area contributed by atoms with Crippen molar-refractivity contribution in [2.75, 3.05) is 44.4 Å². The van der Waals surface area contributed by atoms with Gasteiger partial charge in [-0.1, -0.05) is 6.92 Å². The predicted octanol–water partition coefficient (Wildman–Crippen LogP) is 2.81. The molecular weight excluding hydrogens is 306 g/mol. The summed E-state index contributed by atoms with van der Waals surface area (Å²) in [6.45, 7) is 5.09. The SMILES string of the molecule is CCCNc1ncnc(NCCCCN(C)C)c1Br. The van der Waals surface area contributed by atoms with Gasteiger partial charge in [0.25, 0.3) is 0 Å². The summed E-state index contributed by atoms with van der Waals surface area (Å²) in [6, 6.07) is 0. The number of hydrogen-bond acceptors (Lipinski definition) is 5. The summed E-state index contributed by atoms with van der Waals surface area (Å²) in [6.07, 6.45) is 4.98. The number of anilines is 2. The van der Waals surface area contributed by atoms with E-state index in [1.807, 2.05) is 0 Å². The molecule has 6 heteroatoms. The highest BCUT2D eigenvalue weighted by Crippen LogP contribution is 2.26. The van der Waals surface area contributed by atoms with Gasteiger partial charge in [-0.2, -0.15) is 0 Å². The van der Waals surface area contributed by atoms with Gasteiger partial charge in [-0.25, -0.2) is 9.97 Å². The van der Waals surface area contributed by atoms with Gasteiger partial charge in [0.05, 0.1) is 0 Å². The Bertz CT molecular complexity index is 370. The molecule has 0 radical (unpaired) electrons. The predicted molar refractivity (Wildman–Crippen MR) is 84.8 cm³/mol. The zero-order valence-electron chi connectivity index (χ0n) is 12.0. The first-order chi connectivity index (χ1) is 9.15. The molecule has 0 unspecified atom stereocenters. The summed E-state index contributed by atoms with van der Waals surface area (Å²) in [5.41, 5.74) is 0. The van der Waals surface area contributed by atoms with Gasteiger partial charge in [-0.3, -0.25) is 0 Å². The van der Waals surface area contributed by atoms with Gasteiger partial charge < -0.3 is 15.5 Å². The Labute approximate surface area is 124 Å². The molecule has 0 spiro atoms. The van der Waals surface area contributed by atoms with Crippen LogP contribution < -0.4 is 10.6 Å². The molecule has 0 fully saturated rings. The minimum atomic E-state index is 0.854. The maximum atomic E-state index is 4.26. The smallest absolute Gasteiger partial charge is 0.145 e. The first kappa shape index (κ1) is 16.2. The van der Waals surface area contributed by atoms with Crippen molar-refractivity contribution in [1.82, 2.24) is 14.9 Å². The highest BCUT2D eigenvalue weighted by atomic mass is 79.9. The van der Waals surface area contributed by atoms with Crippen LogP contribution in [-0.2, 0) is 0 Å². The topological polar surface area (TPSA) is 53.1 Å². The molecule has 0 aromatic carbocycles. The van der Waals surface area contributed by atoms with Crippen LogP contribution in [0.1, 0.15) is 26.2 Å². The normalized spacial score (nSPS) is 10.8. The Kier molecular flexibility index (Phi) is 7.74. The van der Waals surface area contributed by atoms with Crippen LogP contribution in [0.2, 0.25) is 0 Å². The third kappa shape index (κ3) is 6.20. The van der Waals surface area contributed by atoms with E-state index in [-0.39, 0.29) is 0 Å². The van der Waals surface area contributed by atoms with E-state index >= 15 is 0 Å². The summed E-state index contributed by atoms with van der Waals surface area (Å²) < 4.78 is 0.913. The van der Waals surface area contributed by atoms with Gasteiger partial charge in [0.2, 0.25) is 0 Å². The average Bonchev–Trinajstić information content (AvgIpc) is 2.38. The van der Waals surface area contributed by atoms with Crippen molar-refractivity contribution < 1.29 is 0 Å². The van der Waals surface area contributed by atoms with Crippen molar-refractivity contribution in [3.63, 3.8) is 0 Å². The van der Waals surface area contributed by atoms with Crippen LogP contribution in [0.4, 0.5) is 11.6 Å². The molecule has 1 heterocycles. The molecule has 2 N–H and O–H groups in total. The molecule has 0 atom stereocenters. The minimum absolute atomic E-state index is 0.854. The van der Waals surface area contributed by atoms with Gasteiger partial charge in [0, 0.05) is 13.1 Å². The van der Waals surface area contributed by atoms with Gasteiger partial charge in [0.1, 0.15) is 22.4 Å². The highest BCUT2D eigenvalue weighted by Gasteiger charge is 2.07. The molecule has 0 amide bonds. The fraction of sp³-hybridized carbons (Fsp3) is 0.692. The first-order valence-electron chi connectivity index (χ1n) is 6.78. The Morgan fingerprint density at radius 3 is 2.32 bits per heavy atom. The zero-order valence-corrected chi connectivity index (χ0v) is 13.6. The second-order valence-corrected chi connectivity index (χ2v) is 5.54. The van der Waals surface area contributed by atoms with E-state index in [0.29, 0.717) is 0 Å². The lowest BCUT2D eigenvalue weighted by molar-refractivity contribution is 0.396. The van der Waals surface area contributed by atoms with E-state index in [2.05, 4.69) is 62.5 Å². The molecule has 0 saturated carbocycles. The fourth-order valence-corrected chi connectivity index (χ4v) is 2.10. The van der Waals surface area contributed by atoms with Crippen molar-refractivity contribution in [3.05, 3.63) is 10.8 Å². The van der Waals surface area contributed by atoms with Crippen molar-refractivity contribution in [2.45, 2.75) is 26.2 Å². The molecule has 1 aromatic heterocycles. The van der Waals surface area contributed by atoms with Crippen LogP contribution in [0, 0.1) is 0 Å². The van der Waals surface area contributed by atoms with Gasteiger partial charge in [0.15, 0.2) is 0 Å². The van der Waals surface area contributed by atoms with Crippen molar-refractivity contribution >= 4 is 27.6 Å². The molecule has 19 heavy (non-hydrogen) atoms. The number of nitrogens with zero attached hydrogens (tertiary/aromatic N) is 3. The van der Waals surface area contributed by atoms with E-state index in [1.165, 1.54) is 6.42 Å². The van der Waals surface area contributed by atoms with Gasteiger partial charge in [-0.15, -0.1) is 0 Å². The van der Waals surface area contributed by atoms with Crippen molar-refractivity contribution in [1.29, 1.82) is 0 Å². The molecule has 0 saturated heterocycles. The molecule has 1 rings (SSSR count). The van der Waals surface area contributed by atoms with E-state index in [1.54, 1.807) is 6.33 Å². The monoisotopic (exact) mass is 329 g/mol. The molecule has 108 valence electrons. The van der Waals surface area contributed by atoms with E-state index < -0.39 is 0 Å². The number of nitrogens with one attached hydrogen (secondary N) is 2. The Balaban J connectivity index is 2.40. The van der Waals surface area contributed by atoms with Crippen LogP contribution >= 0.6 is 15.9 Å². The lowest BCUT2D eigenvalue weighted by atomic mass is 10.3. The summed E-state index contributed by atoms with van der Waals surface area (Å²) in [7, 11) is 4.19. The number of aromatic nitrogens is 2. The lowest BCUT2D eigenvalue weighted by Crippen LogP contribution is -2.14. The van der Waals surface area contributed by atoms with Crippen LogP contribution in [0.5, 0.6) is 0 Å². The molecular formula is C13H24BrN5. The van der Waals surface area contributed by atoms with E-state index in [4.69, 9.17) is 0 Å². The summed E-state index contributed by atoms with van der Waals surface area (Å²) >= 11 is 3.55. The van der Waals surface area contributed by atoms with Gasteiger partial charge in [-0.05, 0) is 55.8 Å². The average molecular weight is 330 g/mol. The number of halogens is 1. The third-order valence-corrected chi connectivity index (χ3v) is 3.41. The molecule has 1 aromatic rings. The highest BCUT2D eigenvalue weighted by molar-refractivity contribution is 9.10. The Morgan fingerprint density at radius 2 is 1.74 bits per heavy atom. The van der Waals surface area contributed by atoms with E-state index in [0.717, 1.165) is 48.6 Å². The minimum Gasteiger partial charge on any atom is -0.369 e. The van der Waals surface area contributed by atoms with Crippen LogP contribution in [0.15, 0.2) is 10.8 Å². The quantitative estimate of drug-likeness (QED) is 0.682. The summed E-state index contributed by atoms with van der Waals surface area (Å²) in [5, 5.41) is 6.62. The molecule has 0 aliphatic rings. The second kappa shape index (κ2) is 9.09. The van der Waals surface area contributed by atoms with Gasteiger partial charge >= 0.3 is 0 Å². The third-order valence-electron chi connectivity index (χ3n) is 2.66. The Morgan fingerprint density at radius 1 is 1.11 bits per heavy atom. The van der Waals surface area contributed by atoms with Crippen LogP contribution in [-0.4, -0.2) is 48.6 Å². The largest absolute Gasteiger partial charge is 0.369 e. The molecule has 5 nitrogen and oxygen atoms in total. The summed E-state index contributed by atoms with van der Waals surface area (Å²) in [5.74, 6) is 1.71. The lowest BCUT2D eigenvalue weighted by Gasteiger charge is -2.12. The van der Waals surface area contributed by atoms with E-state index in [9.17, 15) is 0 Å². The molecule has 0 aliphatic carbocycles. The van der Waals surface area contributed by atoms with Crippen molar-refractivity contribution in [3.8, 4) is 0 Å². The van der Waals surface area contributed by atoms with Crippen molar-refractivity contribution in [2.24, 2.45) is 0 Å². The zero-order chi connectivity index (χ0) is 14.1. The number of unbranched alkanes of at least 4 members (excludes halogenated alkanes) is 1. The summed E-state index contributed by atoms with van der Waals surface area (Å²) in [4.78, 5) is 10.7. The Hall–Kier alpha value is -0.880. The molecule has 0 bridgehead atoms.